The van der Waals surface area contributed by atoms with E-state index in [1.165, 1.54) is 10.8 Å². The second-order valence-corrected chi connectivity index (χ2v) is 5.99. The van der Waals surface area contributed by atoms with Gasteiger partial charge in [-0.3, -0.25) is 24.3 Å². The van der Waals surface area contributed by atoms with Gasteiger partial charge in [0.05, 0.1) is 11.5 Å². The maximum atomic E-state index is 12.1. The summed E-state index contributed by atoms with van der Waals surface area (Å²) >= 11 is 0. The van der Waals surface area contributed by atoms with Gasteiger partial charge in [-0.15, -0.1) is 0 Å². The molecule has 27 heavy (non-hydrogen) atoms. The standard InChI is InChI=1S/C18H19N5O4/c1-4-21-10-9-16(20-21)17(24)8-7-14-5-6-15(27-14)11-22-13(3)18(23(25)26)12(2)19-22/h5-10H,4,11H2,1-3H3/b8-7+. The molecule has 0 aliphatic heterocycles. The fourth-order valence-corrected chi connectivity index (χ4v) is 2.73. The predicted molar refractivity (Wildman–Crippen MR) is 97.4 cm³/mol. The van der Waals surface area contributed by atoms with Crippen molar-refractivity contribution in [3.63, 3.8) is 0 Å². The van der Waals surface area contributed by atoms with Gasteiger partial charge in [-0.25, -0.2) is 0 Å². The van der Waals surface area contributed by atoms with Crippen LogP contribution in [0.3, 0.4) is 0 Å². The summed E-state index contributed by atoms with van der Waals surface area (Å²) in [5, 5.41) is 19.4. The largest absolute Gasteiger partial charge is 0.460 e. The molecule has 0 saturated carbocycles. The number of carbonyl (C=O) groups is 1. The van der Waals surface area contributed by atoms with Crippen LogP contribution in [0, 0.1) is 24.0 Å². The van der Waals surface area contributed by atoms with E-state index >= 15 is 0 Å². The van der Waals surface area contributed by atoms with Gasteiger partial charge in [0.25, 0.3) is 0 Å². The van der Waals surface area contributed by atoms with Gasteiger partial charge in [-0.05, 0) is 51.1 Å². The van der Waals surface area contributed by atoms with Gasteiger partial charge < -0.3 is 4.42 Å². The highest BCUT2D eigenvalue weighted by Gasteiger charge is 2.22. The first-order valence-electron chi connectivity index (χ1n) is 8.42. The lowest BCUT2D eigenvalue weighted by atomic mass is 10.2. The summed E-state index contributed by atoms with van der Waals surface area (Å²) in [7, 11) is 0. The molecule has 9 heteroatoms. The van der Waals surface area contributed by atoms with Crippen LogP contribution in [0.5, 0.6) is 0 Å². The maximum absolute atomic E-state index is 12.1. The molecule has 9 nitrogen and oxygen atoms in total. The van der Waals surface area contributed by atoms with E-state index in [4.69, 9.17) is 4.42 Å². The highest BCUT2D eigenvalue weighted by Crippen LogP contribution is 2.23. The van der Waals surface area contributed by atoms with E-state index in [-0.39, 0.29) is 18.0 Å². The third-order valence-corrected chi connectivity index (χ3v) is 4.13. The zero-order valence-corrected chi connectivity index (χ0v) is 15.2. The van der Waals surface area contributed by atoms with Crippen molar-refractivity contribution in [2.75, 3.05) is 0 Å². The number of carbonyl (C=O) groups excluding carboxylic acids is 1. The molecule has 0 aromatic carbocycles. The van der Waals surface area contributed by atoms with Crippen LogP contribution in [0.15, 0.2) is 34.9 Å². The van der Waals surface area contributed by atoms with E-state index in [0.717, 1.165) is 0 Å². The van der Waals surface area contributed by atoms with E-state index < -0.39 is 4.92 Å². The number of furan rings is 1. The van der Waals surface area contributed by atoms with Gasteiger partial charge in [0, 0.05) is 12.7 Å². The summed E-state index contributed by atoms with van der Waals surface area (Å²) in [6, 6.07) is 5.14. The number of aryl methyl sites for hydroxylation is 2. The molecule has 3 aromatic heterocycles. The van der Waals surface area contributed by atoms with Crippen molar-refractivity contribution >= 4 is 17.5 Å². The first-order valence-corrected chi connectivity index (χ1v) is 8.42. The smallest absolute Gasteiger partial charge is 0.312 e. The van der Waals surface area contributed by atoms with Crippen LogP contribution < -0.4 is 0 Å². The zero-order valence-electron chi connectivity index (χ0n) is 15.2. The molecule has 0 unspecified atom stereocenters. The number of nitrogens with zero attached hydrogens (tertiary/aromatic N) is 5. The van der Waals surface area contributed by atoms with E-state index in [9.17, 15) is 14.9 Å². The summed E-state index contributed by atoms with van der Waals surface area (Å²) in [5.74, 6) is 0.872. The first kappa shape index (κ1) is 18.3. The topological polar surface area (TPSA) is 109 Å². The highest BCUT2D eigenvalue weighted by atomic mass is 16.6. The van der Waals surface area contributed by atoms with Crippen LogP contribution in [-0.4, -0.2) is 30.3 Å². The van der Waals surface area contributed by atoms with Gasteiger partial charge in [0.1, 0.15) is 28.6 Å². The van der Waals surface area contributed by atoms with Gasteiger partial charge in [-0.1, -0.05) is 0 Å². The molecule has 3 rings (SSSR count). The lowest BCUT2D eigenvalue weighted by Gasteiger charge is -2.00. The van der Waals surface area contributed by atoms with E-state index in [0.29, 0.717) is 35.1 Å². The SMILES string of the molecule is CCn1ccc(C(=O)/C=C/c2ccc(Cn3nc(C)c([N+](=O)[O-])c3C)o2)n1. The second-order valence-electron chi connectivity index (χ2n) is 5.99. The summed E-state index contributed by atoms with van der Waals surface area (Å²) in [6.07, 6.45) is 4.72. The Balaban J connectivity index is 1.71. The number of ketones is 1. The summed E-state index contributed by atoms with van der Waals surface area (Å²) in [4.78, 5) is 22.8. The Labute approximate surface area is 155 Å². The summed E-state index contributed by atoms with van der Waals surface area (Å²) in [5.41, 5.74) is 1.21. The Morgan fingerprint density at radius 1 is 1.30 bits per heavy atom. The van der Waals surface area contributed by atoms with Crippen molar-refractivity contribution in [2.45, 2.75) is 33.9 Å². The first-order chi connectivity index (χ1) is 12.9. The summed E-state index contributed by atoms with van der Waals surface area (Å²) in [6.45, 7) is 6.16. The second kappa shape index (κ2) is 7.40. The Morgan fingerprint density at radius 2 is 2.07 bits per heavy atom. The average molecular weight is 369 g/mol. The molecule has 3 aromatic rings. The molecule has 0 fully saturated rings. The fourth-order valence-electron chi connectivity index (χ4n) is 2.73. The zero-order chi connectivity index (χ0) is 19.6. The lowest BCUT2D eigenvalue weighted by molar-refractivity contribution is -0.386. The van der Waals surface area contributed by atoms with Crippen LogP contribution in [0.4, 0.5) is 5.69 Å². The van der Waals surface area contributed by atoms with E-state index in [2.05, 4.69) is 10.2 Å². The number of aromatic nitrogens is 4. The van der Waals surface area contributed by atoms with Crippen LogP contribution >= 0.6 is 0 Å². The molecule has 0 spiro atoms. The Kier molecular flexibility index (Phi) is 5.02. The molecule has 0 aliphatic carbocycles. The van der Waals surface area contributed by atoms with Crippen molar-refractivity contribution in [3.8, 4) is 0 Å². The lowest BCUT2D eigenvalue weighted by Crippen LogP contribution is -2.03. The van der Waals surface area contributed by atoms with Crippen molar-refractivity contribution in [3.05, 3.63) is 69.2 Å². The minimum Gasteiger partial charge on any atom is -0.460 e. The Bertz CT molecular complexity index is 1020. The normalized spacial score (nSPS) is 11.4. The molecule has 0 aliphatic rings. The molecule has 3 heterocycles. The number of hydrogen-bond donors (Lipinski definition) is 0. The fraction of sp³-hybridized carbons (Fsp3) is 0.278. The Morgan fingerprint density at radius 3 is 2.70 bits per heavy atom. The van der Waals surface area contributed by atoms with Crippen molar-refractivity contribution in [1.82, 2.24) is 19.6 Å². The number of hydrogen-bond acceptors (Lipinski definition) is 6. The van der Waals surface area contributed by atoms with E-state index in [1.807, 2.05) is 6.92 Å². The molecule has 0 radical (unpaired) electrons. The van der Waals surface area contributed by atoms with Gasteiger partial charge in [0.2, 0.25) is 5.78 Å². The minimum absolute atomic E-state index is 0.0128. The van der Waals surface area contributed by atoms with Gasteiger partial charge in [0.15, 0.2) is 0 Å². The molecule has 0 saturated heterocycles. The van der Waals surface area contributed by atoms with Crippen LogP contribution in [0.2, 0.25) is 0 Å². The van der Waals surface area contributed by atoms with Gasteiger partial charge >= 0.3 is 5.69 Å². The third-order valence-electron chi connectivity index (χ3n) is 4.13. The summed E-state index contributed by atoms with van der Waals surface area (Å²) < 4.78 is 8.88. The van der Waals surface area contributed by atoms with Crippen LogP contribution in [0.25, 0.3) is 6.08 Å². The van der Waals surface area contributed by atoms with Crippen LogP contribution in [0.1, 0.15) is 40.3 Å². The van der Waals surface area contributed by atoms with E-state index in [1.54, 1.807) is 49.0 Å². The molecule has 0 atom stereocenters. The van der Waals surface area contributed by atoms with Crippen molar-refractivity contribution in [2.24, 2.45) is 0 Å². The van der Waals surface area contributed by atoms with Crippen LogP contribution in [-0.2, 0) is 13.1 Å². The Hall–Kier alpha value is -3.49. The quantitative estimate of drug-likeness (QED) is 0.274. The number of nitro groups is 1. The number of allylic oxidation sites excluding steroid dienone is 1. The average Bonchev–Trinajstić information content (AvgIpc) is 3.33. The highest BCUT2D eigenvalue weighted by molar-refractivity contribution is 6.05. The van der Waals surface area contributed by atoms with Crippen molar-refractivity contribution in [1.29, 1.82) is 0 Å². The molecule has 140 valence electrons. The van der Waals surface area contributed by atoms with Crippen molar-refractivity contribution < 1.29 is 14.1 Å². The molecular formula is C18H19N5O4. The predicted octanol–water partition coefficient (Wildman–Crippen LogP) is 3.16. The maximum Gasteiger partial charge on any atom is 0.312 e. The minimum atomic E-state index is -0.435. The molecule has 0 amide bonds. The number of rotatable bonds is 7. The van der Waals surface area contributed by atoms with Gasteiger partial charge in [-0.2, -0.15) is 10.2 Å². The molecule has 0 N–H and O–H groups in total. The molecule has 0 bridgehead atoms. The third kappa shape index (κ3) is 3.86. The molecular weight excluding hydrogens is 350 g/mol. The monoisotopic (exact) mass is 369 g/mol.